The number of rotatable bonds is 6. The van der Waals surface area contributed by atoms with Gasteiger partial charge in [-0.3, -0.25) is 9.59 Å². The highest BCUT2D eigenvalue weighted by atomic mass is 35.5. The van der Waals surface area contributed by atoms with Crippen molar-refractivity contribution in [2.24, 2.45) is 23.7 Å². The Bertz CT molecular complexity index is 863. The number of para-hydroxylation sites is 1. The van der Waals surface area contributed by atoms with Crippen LogP contribution >= 0.6 is 34.5 Å². The highest BCUT2D eigenvalue weighted by Gasteiger charge is 2.52. The number of hydrogen-bond donors (Lipinski definition) is 1. The lowest BCUT2D eigenvalue weighted by Gasteiger charge is -2.26. The Kier molecular flexibility index (Phi) is 5.39. The van der Waals surface area contributed by atoms with Gasteiger partial charge < -0.3 is 10.1 Å². The van der Waals surface area contributed by atoms with Crippen molar-refractivity contribution in [3.05, 3.63) is 36.4 Å². The van der Waals surface area contributed by atoms with Crippen molar-refractivity contribution in [2.45, 2.75) is 12.5 Å². The summed E-state index contributed by atoms with van der Waals surface area (Å²) in [5, 5.41) is 3.44. The van der Waals surface area contributed by atoms with E-state index < -0.39 is 23.9 Å². The number of benzene rings is 1. The molecule has 0 radical (unpaired) electrons. The van der Waals surface area contributed by atoms with Gasteiger partial charge in [-0.05, 0) is 30.4 Å². The maximum atomic E-state index is 13.0. The molecule has 1 saturated carbocycles. The summed E-state index contributed by atoms with van der Waals surface area (Å²) in [6.07, 6.45) is 4.27. The van der Waals surface area contributed by atoms with Crippen LogP contribution in [0.15, 0.2) is 36.4 Å². The monoisotopic (exact) mass is 424 g/mol. The number of ether oxygens (including phenoxy) is 1. The molecule has 0 saturated heterocycles. The molecule has 0 spiro atoms. The lowest BCUT2D eigenvalue weighted by Crippen LogP contribution is -2.39. The van der Waals surface area contributed by atoms with Gasteiger partial charge in [0.2, 0.25) is 5.91 Å². The standard InChI is InChI=1S/C19H18Cl2N2O3S/c20-8-12(9-21)26-18(25)16-11-6-5-10(7-11)15(16)17(24)23-19-22-13-3-1-2-4-14(13)27-19/h1-6,10-12,15-16H,7-9H2,(H,22,23,24)/t10-,11-,15-,16-/m0/s1. The van der Waals surface area contributed by atoms with E-state index >= 15 is 0 Å². The van der Waals surface area contributed by atoms with Crippen molar-refractivity contribution >= 4 is 61.8 Å². The highest BCUT2D eigenvalue weighted by Crippen LogP contribution is 2.49. The smallest absolute Gasteiger partial charge is 0.310 e. The van der Waals surface area contributed by atoms with Gasteiger partial charge in [-0.25, -0.2) is 4.98 Å². The third-order valence-electron chi connectivity index (χ3n) is 5.19. The molecular weight excluding hydrogens is 407 g/mol. The third kappa shape index (κ3) is 3.58. The Balaban J connectivity index is 1.52. The van der Waals surface area contributed by atoms with Crippen molar-refractivity contribution < 1.29 is 14.3 Å². The quantitative estimate of drug-likeness (QED) is 0.431. The van der Waals surface area contributed by atoms with Gasteiger partial charge in [0.25, 0.3) is 0 Å². The minimum atomic E-state index is -0.545. The van der Waals surface area contributed by atoms with E-state index in [1.165, 1.54) is 11.3 Å². The maximum absolute atomic E-state index is 13.0. The summed E-state index contributed by atoms with van der Waals surface area (Å²) in [6, 6.07) is 7.70. The van der Waals surface area contributed by atoms with Gasteiger partial charge >= 0.3 is 5.97 Å². The molecule has 1 aromatic heterocycles. The summed E-state index contributed by atoms with van der Waals surface area (Å²) >= 11 is 13.0. The summed E-state index contributed by atoms with van der Waals surface area (Å²) in [5.74, 6) is -1.26. The Morgan fingerprint density at radius 3 is 2.59 bits per heavy atom. The molecular formula is C19H18Cl2N2O3S. The number of amides is 1. The van der Waals surface area contributed by atoms with Crippen molar-refractivity contribution in [2.75, 3.05) is 17.1 Å². The van der Waals surface area contributed by atoms with Gasteiger partial charge in [-0.2, -0.15) is 0 Å². The second-order valence-electron chi connectivity index (χ2n) is 6.84. The van der Waals surface area contributed by atoms with Crippen LogP contribution in [-0.4, -0.2) is 34.7 Å². The van der Waals surface area contributed by atoms with Crippen molar-refractivity contribution in [1.82, 2.24) is 4.98 Å². The molecule has 8 heteroatoms. The fourth-order valence-electron chi connectivity index (χ4n) is 3.96. The van der Waals surface area contributed by atoms with Crippen LogP contribution in [-0.2, 0) is 14.3 Å². The molecule has 0 aliphatic heterocycles. The van der Waals surface area contributed by atoms with Crippen LogP contribution in [0.3, 0.4) is 0 Å². The molecule has 4 rings (SSSR count). The number of fused-ring (bicyclic) bond motifs is 3. The average molecular weight is 425 g/mol. The molecule has 27 heavy (non-hydrogen) atoms. The topological polar surface area (TPSA) is 68.3 Å². The summed E-state index contributed by atoms with van der Waals surface area (Å²) in [6.45, 7) is 0. The van der Waals surface area contributed by atoms with Gasteiger partial charge in [-0.15, -0.1) is 23.2 Å². The normalized spacial score (nSPS) is 26.0. The van der Waals surface area contributed by atoms with Gasteiger partial charge in [-0.1, -0.05) is 35.6 Å². The average Bonchev–Trinajstić information content (AvgIpc) is 3.38. The number of hydrogen-bond acceptors (Lipinski definition) is 5. The van der Waals surface area contributed by atoms with Crippen LogP contribution in [0, 0.1) is 23.7 Å². The lowest BCUT2D eigenvalue weighted by atomic mass is 9.82. The maximum Gasteiger partial charge on any atom is 0.310 e. The number of alkyl halides is 2. The molecule has 1 N–H and O–H groups in total. The summed E-state index contributed by atoms with van der Waals surface area (Å²) in [7, 11) is 0. The molecule has 5 nitrogen and oxygen atoms in total. The van der Waals surface area contributed by atoms with E-state index in [2.05, 4.69) is 10.3 Å². The van der Waals surface area contributed by atoms with Crippen LogP contribution in [0.1, 0.15) is 6.42 Å². The molecule has 2 aliphatic rings. The zero-order chi connectivity index (χ0) is 19.0. The first-order chi connectivity index (χ1) is 13.1. The number of thiazole rings is 1. The fraction of sp³-hybridized carbons (Fsp3) is 0.421. The Morgan fingerprint density at radius 1 is 1.19 bits per heavy atom. The van der Waals surface area contributed by atoms with E-state index in [1.54, 1.807) is 0 Å². The molecule has 2 aromatic rings. The largest absolute Gasteiger partial charge is 0.460 e. The van der Waals surface area contributed by atoms with Crippen molar-refractivity contribution in [3.63, 3.8) is 0 Å². The summed E-state index contributed by atoms with van der Waals surface area (Å²) in [5.41, 5.74) is 0.841. The molecule has 1 amide bonds. The lowest BCUT2D eigenvalue weighted by molar-refractivity contribution is -0.156. The minimum Gasteiger partial charge on any atom is -0.460 e. The van der Waals surface area contributed by atoms with Crippen LogP contribution in [0.25, 0.3) is 10.2 Å². The predicted molar refractivity (Wildman–Crippen MR) is 107 cm³/mol. The molecule has 4 atom stereocenters. The van der Waals surface area contributed by atoms with Crippen LogP contribution in [0.4, 0.5) is 5.13 Å². The van der Waals surface area contributed by atoms with Gasteiger partial charge in [0.05, 0.1) is 33.8 Å². The molecule has 1 fully saturated rings. The first-order valence-electron chi connectivity index (χ1n) is 8.78. The van der Waals surface area contributed by atoms with Crippen LogP contribution in [0.2, 0.25) is 0 Å². The number of anilines is 1. The molecule has 142 valence electrons. The molecule has 0 unspecified atom stereocenters. The van der Waals surface area contributed by atoms with Crippen molar-refractivity contribution in [3.8, 4) is 0 Å². The SMILES string of the molecule is O=C(Nc1nc2ccccc2s1)[C@@H]1[C@@H](C(=O)OC(CCl)CCl)[C@H]2C=C[C@H]1C2. The molecule has 1 heterocycles. The van der Waals surface area contributed by atoms with Crippen molar-refractivity contribution in [1.29, 1.82) is 0 Å². The zero-order valence-corrected chi connectivity index (χ0v) is 16.6. The highest BCUT2D eigenvalue weighted by molar-refractivity contribution is 7.22. The minimum absolute atomic E-state index is 0.0138. The fourth-order valence-corrected chi connectivity index (χ4v) is 5.29. The molecule has 2 aliphatic carbocycles. The van der Waals surface area contributed by atoms with E-state index in [-0.39, 0.29) is 29.5 Å². The molecule has 1 aromatic carbocycles. The first-order valence-corrected chi connectivity index (χ1v) is 10.7. The van der Waals surface area contributed by atoms with E-state index in [0.29, 0.717) is 5.13 Å². The number of carbonyl (C=O) groups excluding carboxylic acids is 2. The Hall–Kier alpha value is -1.63. The van der Waals surface area contributed by atoms with Crippen LogP contribution in [0.5, 0.6) is 0 Å². The van der Waals surface area contributed by atoms with Gasteiger partial charge in [0.1, 0.15) is 6.10 Å². The Morgan fingerprint density at radius 2 is 1.89 bits per heavy atom. The zero-order valence-electron chi connectivity index (χ0n) is 14.3. The van der Waals surface area contributed by atoms with Gasteiger partial charge in [0, 0.05) is 0 Å². The Labute approximate surface area is 170 Å². The molecule has 2 bridgehead atoms. The number of nitrogens with zero attached hydrogens (tertiary/aromatic N) is 1. The summed E-state index contributed by atoms with van der Waals surface area (Å²) in [4.78, 5) is 30.1. The first kappa shape index (κ1) is 18.7. The number of aromatic nitrogens is 1. The van der Waals surface area contributed by atoms with E-state index in [1.807, 2.05) is 36.4 Å². The summed E-state index contributed by atoms with van der Waals surface area (Å²) < 4.78 is 6.44. The number of nitrogens with one attached hydrogen (secondary N) is 1. The number of halogens is 2. The number of carbonyl (C=O) groups is 2. The van der Waals surface area contributed by atoms with E-state index in [9.17, 15) is 9.59 Å². The third-order valence-corrected chi connectivity index (χ3v) is 6.83. The predicted octanol–water partition coefficient (Wildman–Crippen LogP) is 4.06. The number of esters is 1. The second kappa shape index (κ2) is 7.78. The second-order valence-corrected chi connectivity index (χ2v) is 8.49. The van der Waals surface area contributed by atoms with E-state index in [0.717, 1.165) is 16.6 Å². The van der Waals surface area contributed by atoms with Crippen LogP contribution < -0.4 is 5.32 Å². The number of allylic oxidation sites excluding steroid dienone is 2. The van der Waals surface area contributed by atoms with E-state index in [4.69, 9.17) is 27.9 Å². The van der Waals surface area contributed by atoms with Gasteiger partial charge in [0.15, 0.2) is 5.13 Å².